The van der Waals surface area contributed by atoms with Crippen molar-refractivity contribution >= 4 is 26.4 Å². The molecule has 1 fully saturated rings. The van der Waals surface area contributed by atoms with Crippen LogP contribution in [0.2, 0.25) is 0 Å². The number of hydrogen-bond acceptors (Lipinski definition) is 8. The molecule has 1 saturated heterocycles. The third-order valence-electron chi connectivity index (χ3n) is 6.65. The molecule has 0 atom stereocenters. The Balaban J connectivity index is 1.50. The summed E-state index contributed by atoms with van der Waals surface area (Å²) in [4.78, 5) is 24.9. The van der Waals surface area contributed by atoms with Gasteiger partial charge in [0.25, 0.3) is 5.56 Å². The molecule has 2 N–H and O–H groups in total. The van der Waals surface area contributed by atoms with Gasteiger partial charge in [-0.2, -0.15) is 0 Å². The molecule has 0 saturated carbocycles. The predicted molar refractivity (Wildman–Crippen MR) is 143 cm³/mol. The number of halogens is 2. The molecule has 3 heterocycles. The number of H-pyrrole nitrogens is 1. The first kappa shape index (κ1) is 26.5. The van der Waals surface area contributed by atoms with Crippen molar-refractivity contribution in [2.24, 2.45) is 0 Å². The van der Waals surface area contributed by atoms with Crippen LogP contribution in [0.5, 0.6) is 11.5 Å². The Morgan fingerprint density at radius 2 is 1.77 bits per heavy atom. The summed E-state index contributed by atoms with van der Waals surface area (Å²) in [5.41, 5.74) is 1.85. The van der Waals surface area contributed by atoms with E-state index in [1.165, 1.54) is 26.4 Å². The molecule has 2 aromatic carbocycles. The minimum atomic E-state index is -3.06. The normalized spacial score (nSPS) is 15.3. The van der Waals surface area contributed by atoms with Crippen molar-refractivity contribution < 1.29 is 26.7 Å². The summed E-state index contributed by atoms with van der Waals surface area (Å²) in [6.45, 7) is 0. The third-order valence-corrected chi connectivity index (χ3v) is 8.36. The number of methoxy groups -OCH3 is 2. The van der Waals surface area contributed by atoms with Crippen LogP contribution in [0.4, 0.5) is 14.5 Å². The number of benzene rings is 2. The maximum absolute atomic E-state index is 13.6. The van der Waals surface area contributed by atoms with Crippen LogP contribution in [0.1, 0.15) is 24.2 Å². The fraction of sp³-hybridized carbons (Fsp3) is 0.296. The fourth-order valence-electron chi connectivity index (χ4n) is 4.69. The monoisotopic (exact) mass is 556 g/mol. The fourth-order valence-corrected chi connectivity index (χ4v) is 6.18. The van der Waals surface area contributed by atoms with E-state index in [4.69, 9.17) is 14.5 Å². The summed E-state index contributed by atoms with van der Waals surface area (Å²) in [5.74, 6) is -0.195. The second kappa shape index (κ2) is 10.6. The van der Waals surface area contributed by atoms with E-state index in [1.54, 1.807) is 24.4 Å². The topological polar surface area (TPSA) is 123 Å². The van der Waals surface area contributed by atoms with Crippen molar-refractivity contribution in [2.45, 2.75) is 25.3 Å². The lowest BCUT2D eigenvalue weighted by molar-refractivity contribution is 0.356. The zero-order valence-electron chi connectivity index (χ0n) is 21.3. The number of nitrogens with one attached hydrogen (secondary N) is 2. The van der Waals surface area contributed by atoms with E-state index in [0.29, 0.717) is 58.2 Å². The van der Waals surface area contributed by atoms with Crippen LogP contribution in [-0.4, -0.2) is 55.1 Å². The second-order valence-corrected chi connectivity index (χ2v) is 11.7. The molecule has 0 unspecified atom stereocenters. The van der Waals surface area contributed by atoms with E-state index in [2.05, 4.69) is 15.3 Å². The van der Waals surface area contributed by atoms with Gasteiger partial charge in [-0.15, -0.1) is 0 Å². The Hall–Kier alpha value is -4.06. The number of fused-ring (bicyclic) bond motifs is 1. The number of anilines is 1. The lowest BCUT2D eigenvalue weighted by Gasteiger charge is -2.26. The van der Waals surface area contributed by atoms with Gasteiger partial charge in [0, 0.05) is 30.3 Å². The Morgan fingerprint density at radius 1 is 1.05 bits per heavy atom. The molecule has 0 spiro atoms. The van der Waals surface area contributed by atoms with E-state index in [1.807, 2.05) is 0 Å². The highest BCUT2D eigenvalue weighted by Crippen LogP contribution is 2.41. The van der Waals surface area contributed by atoms with E-state index >= 15 is 0 Å². The van der Waals surface area contributed by atoms with Gasteiger partial charge in [-0.3, -0.25) is 9.78 Å². The molecule has 0 bridgehead atoms. The van der Waals surface area contributed by atoms with Gasteiger partial charge < -0.3 is 19.8 Å². The molecule has 5 rings (SSSR count). The molecule has 39 heavy (non-hydrogen) atoms. The highest BCUT2D eigenvalue weighted by molar-refractivity contribution is 7.91. The number of hydrogen-bond donors (Lipinski definition) is 2. The highest BCUT2D eigenvalue weighted by Gasteiger charge is 2.27. The summed E-state index contributed by atoms with van der Waals surface area (Å²) in [7, 11) is -0.120. The molecule has 9 nitrogen and oxygen atoms in total. The van der Waals surface area contributed by atoms with Gasteiger partial charge in [0.15, 0.2) is 11.5 Å². The molecule has 4 aromatic rings. The van der Waals surface area contributed by atoms with Crippen LogP contribution >= 0.6 is 0 Å². The molecular weight excluding hydrogens is 530 g/mol. The number of nitrogens with zero attached hydrogens (tertiary/aromatic N) is 2. The standard InChI is InChI=1S/C27H26F2N4O5S/c1-37-22-13-20-24(25(26(22)38-2)31-19-5-7-39(35,36)8-6-19)32-23(33-27(20)34)9-15-3-4-21(30-14-15)16-10-17(28)12-18(29)11-16/h3-4,10-14,19,31H,5-9H2,1-2H3,(H,32,33,34). The molecular formula is C27H26F2N4O5S. The zero-order chi connectivity index (χ0) is 27.7. The Kier molecular flexibility index (Phi) is 7.21. The smallest absolute Gasteiger partial charge is 0.258 e. The van der Waals surface area contributed by atoms with Gasteiger partial charge in [-0.1, -0.05) is 6.07 Å². The minimum absolute atomic E-state index is 0.0689. The van der Waals surface area contributed by atoms with Crippen molar-refractivity contribution in [1.29, 1.82) is 0 Å². The van der Waals surface area contributed by atoms with Crippen molar-refractivity contribution in [3.63, 3.8) is 0 Å². The molecule has 12 heteroatoms. The second-order valence-electron chi connectivity index (χ2n) is 9.35. The Morgan fingerprint density at radius 3 is 2.38 bits per heavy atom. The van der Waals surface area contributed by atoms with Crippen molar-refractivity contribution in [2.75, 3.05) is 31.0 Å². The van der Waals surface area contributed by atoms with Crippen molar-refractivity contribution in [3.05, 3.63) is 76.0 Å². The first-order valence-corrected chi connectivity index (χ1v) is 14.0. The number of sulfone groups is 1. The van der Waals surface area contributed by atoms with Gasteiger partial charge in [0.2, 0.25) is 0 Å². The molecule has 1 aliphatic heterocycles. The van der Waals surface area contributed by atoms with Gasteiger partial charge in [0.1, 0.15) is 38.5 Å². The van der Waals surface area contributed by atoms with E-state index < -0.39 is 21.5 Å². The lowest BCUT2D eigenvalue weighted by Crippen LogP contribution is -2.32. The molecule has 1 aliphatic rings. The summed E-state index contributed by atoms with van der Waals surface area (Å²) in [6.07, 6.45) is 2.60. The number of pyridine rings is 1. The number of aromatic nitrogens is 3. The van der Waals surface area contributed by atoms with Crippen LogP contribution in [0.15, 0.2) is 47.4 Å². The van der Waals surface area contributed by atoms with E-state index in [-0.39, 0.29) is 34.9 Å². The van der Waals surface area contributed by atoms with Crippen LogP contribution in [0.3, 0.4) is 0 Å². The van der Waals surface area contributed by atoms with Crippen LogP contribution < -0.4 is 20.3 Å². The Labute approximate surface area is 223 Å². The van der Waals surface area contributed by atoms with Gasteiger partial charge >= 0.3 is 0 Å². The van der Waals surface area contributed by atoms with Crippen molar-refractivity contribution in [3.8, 4) is 22.8 Å². The molecule has 204 valence electrons. The lowest BCUT2D eigenvalue weighted by atomic mass is 10.1. The molecule has 0 radical (unpaired) electrons. The highest BCUT2D eigenvalue weighted by atomic mass is 32.2. The SMILES string of the molecule is COc1cc2c(=O)[nH]c(Cc3ccc(-c4cc(F)cc(F)c4)nc3)nc2c(NC2CCS(=O)(=O)CC2)c1OC. The summed E-state index contributed by atoms with van der Waals surface area (Å²) in [6, 6.07) is 7.97. The Bertz CT molecular complexity index is 1670. The molecule has 2 aromatic heterocycles. The first-order chi connectivity index (χ1) is 18.7. The average molecular weight is 557 g/mol. The maximum Gasteiger partial charge on any atom is 0.258 e. The van der Waals surface area contributed by atoms with Crippen molar-refractivity contribution in [1.82, 2.24) is 15.0 Å². The predicted octanol–water partition coefficient (Wildman–Crippen LogP) is 3.86. The average Bonchev–Trinajstić information content (AvgIpc) is 2.89. The maximum atomic E-state index is 13.6. The summed E-state index contributed by atoms with van der Waals surface area (Å²) >= 11 is 0. The minimum Gasteiger partial charge on any atom is -0.493 e. The largest absolute Gasteiger partial charge is 0.493 e. The van der Waals surface area contributed by atoms with Gasteiger partial charge in [0.05, 0.1) is 36.8 Å². The van der Waals surface area contributed by atoms with Gasteiger partial charge in [-0.25, -0.2) is 22.2 Å². The number of aromatic amines is 1. The van der Waals surface area contributed by atoms with Crippen LogP contribution in [0.25, 0.3) is 22.2 Å². The van der Waals surface area contributed by atoms with Gasteiger partial charge in [-0.05, 0) is 42.7 Å². The first-order valence-electron chi connectivity index (χ1n) is 12.2. The zero-order valence-corrected chi connectivity index (χ0v) is 22.1. The van der Waals surface area contributed by atoms with E-state index in [9.17, 15) is 22.0 Å². The molecule has 0 aliphatic carbocycles. The molecule has 0 amide bonds. The summed E-state index contributed by atoms with van der Waals surface area (Å²) < 4.78 is 62.1. The summed E-state index contributed by atoms with van der Waals surface area (Å²) in [5, 5.41) is 3.63. The number of ether oxygens (including phenoxy) is 2. The van der Waals surface area contributed by atoms with Crippen LogP contribution in [0, 0.1) is 11.6 Å². The third kappa shape index (κ3) is 5.70. The quantitative estimate of drug-likeness (QED) is 0.352. The van der Waals surface area contributed by atoms with Crippen LogP contribution in [-0.2, 0) is 16.3 Å². The number of rotatable bonds is 7. The van der Waals surface area contributed by atoms with E-state index in [0.717, 1.165) is 6.07 Å².